The average Bonchev–Trinajstić information content (AvgIpc) is 3.29. The second kappa shape index (κ2) is 14.8. The standard InChI is InChI=1S/C30H33Cl3NO8PS/c1-29(2,3)27(36)39-16-41-43(38,42-17-40-28(37)30(4,5)6)25(23-15-44-24-8-7-19(31)14-22(23)24)26(35)34-10-9-18-11-20(32)13-21(33)12-18/h7-15,25H,16-17H2,1-6H3,(H,34,35). The molecule has 14 heteroatoms. The van der Waals surface area contributed by atoms with Crippen molar-refractivity contribution in [2.24, 2.45) is 10.8 Å². The Labute approximate surface area is 275 Å². The van der Waals surface area contributed by atoms with E-state index in [9.17, 15) is 18.9 Å². The third kappa shape index (κ3) is 9.78. The van der Waals surface area contributed by atoms with Gasteiger partial charge >= 0.3 is 19.5 Å². The van der Waals surface area contributed by atoms with Gasteiger partial charge in [0.15, 0.2) is 5.66 Å². The first-order valence-electron chi connectivity index (χ1n) is 13.2. The fourth-order valence-electron chi connectivity index (χ4n) is 3.58. The van der Waals surface area contributed by atoms with E-state index in [1.807, 2.05) is 0 Å². The SMILES string of the molecule is CC(C)(C)C(=O)OCOP(=O)(OCOC(=O)C(C)(C)C)C(C(=O)NC=Cc1cc(Cl)cc(Cl)c1)c1csc2ccc(Cl)cc12. The predicted molar refractivity (Wildman–Crippen MR) is 174 cm³/mol. The topological polar surface area (TPSA) is 117 Å². The van der Waals surface area contributed by atoms with Crippen LogP contribution >= 0.6 is 53.7 Å². The summed E-state index contributed by atoms with van der Waals surface area (Å²) in [6.45, 7) is 8.20. The third-order valence-electron chi connectivity index (χ3n) is 5.88. The number of amides is 1. The Kier molecular flexibility index (Phi) is 12.1. The van der Waals surface area contributed by atoms with Crippen molar-refractivity contribution in [1.82, 2.24) is 5.32 Å². The zero-order chi connectivity index (χ0) is 32.9. The number of hydrogen-bond donors (Lipinski definition) is 1. The van der Waals surface area contributed by atoms with E-state index >= 15 is 0 Å². The number of thiophene rings is 1. The Morgan fingerprint density at radius 3 is 1.93 bits per heavy atom. The van der Waals surface area contributed by atoms with Crippen molar-refractivity contribution < 1.29 is 37.5 Å². The minimum absolute atomic E-state index is 0.275. The lowest BCUT2D eigenvalue weighted by Crippen LogP contribution is -2.29. The summed E-state index contributed by atoms with van der Waals surface area (Å²) in [5.41, 5.74) is -2.52. The first-order valence-corrected chi connectivity index (χ1v) is 16.9. The molecule has 0 saturated heterocycles. The lowest BCUT2D eigenvalue weighted by Gasteiger charge is -2.27. The maximum absolute atomic E-state index is 14.6. The van der Waals surface area contributed by atoms with Crippen molar-refractivity contribution in [2.45, 2.75) is 47.2 Å². The van der Waals surface area contributed by atoms with Crippen LogP contribution in [0.5, 0.6) is 0 Å². The fraction of sp³-hybridized carbons (Fsp3) is 0.367. The minimum atomic E-state index is -4.62. The molecule has 1 unspecified atom stereocenters. The van der Waals surface area contributed by atoms with E-state index in [1.54, 1.807) is 83.3 Å². The van der Waals surface area contributed by atoms with Gasteiger partial charge in [-0.25, -0.2) is 0 Å². The molecular weight excluding hydrogens is 672 g/mol. The van der Waals surface area contributed by atoms with Gasteiger partial charge in [-0.15, -0.1) is 11.3 Å². The highest BCUT2D eigenvalue weighted by Gasteiger charge is 2.45. The summed E-state index contributed by atoms with van der Waals surface area (Å²) in [5.74, 6) is -2.07. The molecule has 0 spiro atoms. The number of ether oxygens (including phenoxy) is 2. The lowest BCUT2D eigenvalue weighted by molar-refractivity contribution is -0.162. The highest BCUT2D eigenvalue weighted by molar-refractivity contribution is 7.55. The van der Waals surface area contributed by atoms with E-state index in [1.165, 1.54) is 23.6 Å². The largest absolute Gasteiger partial charge is 0.438 e. The highest BCUT2D eigenvalue weighted by atomic mass is 35.5. The van der Waals surface area contributed by atoms with Crippen LogP contribution in [0, 0.1) is 10.8 Å². The summed E-state index contributed by atoms with van der Waals surface area (Å²) in [6.07, 6.45) is 2.86. The minimum Gasteiger partial charge on any atom is -0.438 e. The Bertz CT molecular complexity index is 1550. The van der Waals surface area contributed by atoms with E-state index in [0.29, 0.717) is 26.0 Å². The number of hydrogen-bond acceptors (Lipinski definition) is 9. The second-order valence-electron chi connectivity index (χ2n) is 11.7. The molecule has 1 heterocycles. The predicted octanol–water partition coefficient (Wildman–Crippen LogP) is 9.01. The summed E-state index contributed by atoms with van der Waals surface area (Å²) < 4.78 is 36.9. The van der Waals surface area contributed by atoms with Crippen LogP contribution in [0.15, 0.2) is 48.0 Å². The number of fused-ring (bicyclic) bond motifs is 1. The van der Waals surface area contributed by atoms with E-state index in [0.717, 1.165) is 4.70 Å². The van der Waals surface area contributed by atoms with Gasteiger partial charge in [-0.1, -0.05) is 34.8 Å². The zero-order valence-corrected chi connectivity index (χ0v) is 28.9. The lowest BCUT2D eigenvalue weighted by atomic mass is 9.98. The Morgan fingerprint density at radius 2 is 1.41 bits per heavy atom. The van der Waals surface area contributed by atoms with Crippen molar-refractivity contribution in [3.63, 3.8) is 0 Å². The van der Waals surface area contributed by atoms with Crippen LogP contribution < -0.4 is 5.32 Å². The quantitative estimate of drug-likeness (QED) is 0.119. The van der Waals surface area contributed by atoms with Gasteiger partial charge in [-0.05, 0) is 106 Å². The van der Waals surface area contributed by atoms with Crippen molar-refractivity contribution >= 4 is 87.7 Å². The number of nitrogens with one attached hydrogen (secondary N) is 1. The molecule has 0 aliphatic heterocycles. The Morgan fingerprint density at radius 1 is 0.864 bits per heavy atom. The van der Waals surface area contributed by atoms with E-state index in [4.69, 9.17) is 53.3 Å². The number of benzene rings is 2. The summed E-state index contributed by atoms with van der Waals surface area (Å²) in [5, 5.41) is 5.93. The van der Waals surface area contributed by atoms with Crippen LogP contribution in [-0.4, -0.2) is 31.4 Å². The van der Waals surface area contributed by atoms with Gasteiger partial charge in [0.2, 0.25) is 19.5 Å². The van der Waals surface area contributed by atoms with Crippen molar-refractivity contribution in [1.29, 1.82) is 0 Å². The van der Waals surface area contributed by atoms with Gasteiger partial charge in [0.1, 0.15) is 0 Å². The van der Waals surface area contributed by atoms with Gasteiger partial charge in [0, 0.05) is 26.0 Å². The Hall–Kier alpha value is -2.43. The molecule has 0 aliphatic carbocycles. The van der Waals surface area contributed by atoms with Gasteiger partial charge in [-0.3, -0.25) is 28.0 Å². The molecule has 0 radical (unpaired) electrons. The van der Waals surface area contributed by atoms with Crippen molar-refractivity contribution in [3.05, 3.63) is 74.2 Å². The van der Waals surface area contributed by atoms with E-state index in [2.05, 4.69) is 5.32 Å². The third-order valence-corrected chi connectivity index (χ3v) is 9.61. The van der Waals surface area contributed by atoms with Crippen LogP contribution in [0.2, 0.25) is 15.1 Å². The molecule has 0 saturated carbocycles. The van der Waals surface area contributed by atoms with Gasteiger partial charge in [-0.2, -0.15) is 0 Å². The number of rotatable bonds is 11. The summed E-state index contributed by atoms with van der Waals surface area (Å²) in [4.78, 5) is 38.7. The van der Waals surface area contributed by atoms with E-state index < -0.39 is 55.5 Å². The van der Waals surface area contributed by atoms with Crippen LogP contribution in [-0.2, 0) is 37.5 Å². The van der Waals surface area contributed by atoms with Gasteiger partial charge in [0.25, 0.3) is 0 Å². The van der Waals surface area contributed by atoms with Crippen LogP contribution in [0.4, 0.5) is 0 Å². The zero-order valence-electron chi connectivity index (χ0n) is 24.9. The number of carbonyl (C=O) groups excluding carboxylic acids is 3. The van der Waals surface area contributed by atoms with E-state index in [-0.39, 0.29) is 5.56 Å². The monoisotopic (exact) mass is 703 g/mol. The molecule has 0 fully saturated rings. The van der Waals surface area contributed by atoms with Crippen LogP contribution in [0.1, 0.15) is 58.3 Å². The normalized spacial score (nSPS) is 13.2. The van der Waals surface area contributed by atoms with Gasteiger partial charge < -0.3 is 14.8 Å². The first-order chi connectivity index (χ1) is 20.4. The highest BCUT2D eigenvalue weighted by Crippen LogP contribution is 2.62. The molecule has 1 atom stereocenters. The first kappa shape index (κ1) is 36.0. The molecule has 0 bridgehead atoms. The molecule has 0 aliphatic rings. The average molecular weight is 705 g/mol. The number of halogens is 3. The molecule has 238 valence electrons. The van der Waals surface area contributed by atoms with Crippen molar-refractivity contribution in [3.8, 4) is 0 Å². The molecule has 44 heavy (non-hydrogen) atoms. The van der Waals surface area contributed by atoms with Crippen LogP contribution in [0.25, 0.3) is 16.2 Å². The summed E-state index contributed by atoms with van der Waals surface area (Å²) >= 11 is 19.7. The molecule has 3 aromatic rings. The molecular formula is C30H33Cl3NO8PS. The van der Waals surface area contributed by atoms with Crippen molar-refractivity contribution in [2.75, 3.05) is 13.6 Å². The summed E-state index contributed by atoms with van der Waals surface area (Å²) in [7, 11) is -4.62. The van der Waals surface area contributed by atoms with Crippen LogP contribution in [0.3, 0.4) is 0 Å². The van der Waals surface area contributed by atoms with Gasteiger partial charge in [0.05, 0.1) is 10.8 Å². The molecule has 3 rings (SSSR count). The fourth-order valence-corrected chi connectivity index (χ4v) is 7.06. The maximum atomic E-state index is 14.6. The second-order valence-corrected chi connectivity index (χ2v) is 16.0. The number of esters is 2. The Balaban J connectivity index is 2.03. The molecule has 1 amide bonds. The molecule has 2 aromatic carbocycles. The maximum Gasteiger partial charge on any atom is 0.353 e. The number of carbonyl (C=O) groups is 3. The summed E-state index contributed by atoms with van der Waals surface area (Å²) in [6, 6.07) is 9.88. The smallest absolute Gasteiger partial charge is 0.353 e. The molecule has 1 N–H and O–H groups in total. The molecule has 9 nitrogen and oxygen atoms in total. The molecule has 1 aromatic heterocycles.